The zero-order valence-corrected chi connectivity index (χ0v) is 13.4. The third-order valence-corrected chi connectivity index (χ3v) is 4.46. The molecule has 122 valence electrons. The summed E-state index contributed by atoms with van der Waals surface area (Å²) in [6.45, 7) is 2.12. The lowest BCUT2D eigenvalue weighted by molar-refractivity contribution is -0.128. The molecule has 6 nitrogen and oxygen atoms in total. The standard InChI is InChI=1S/C15H22N2O4S/c1-2-3-4-5-9-13(15(19)17-21)22-12-8-6-7-11(10-12)14(18)16-20/h6-8,10,13,20-21H,2-5,9H2,1H3,(H,16,18)(H,17,19). The molecule has 0 aromatic heterocycles. The van der Waals surface area contributed by atoms with Crippen molar-refractivity contribution in [1.29, 1.82) is 0 Å². The Labute approximate surface area is 134 Å². The minimum Gasteiger partial charge on any atom is -0.289 e. The lowest BCUT2D eigenvalue weighted by Gasteiger charge is -2.14. The highest BCUT2D eigenvalue weighted by Crippen LogP contribution is 2.28. The molecule has 0 spiro atoms. The summed E-state index contributed by atoms with van der Waals surface area (Å²) in [5.41, 5.74) is 3.58. The van der Waals surface area contributed by atoms with Crippen LogP contribution in [0.4, 0.5) is 0 Å². The molecule has 2 amide bonds. The van der Waals surface area contributed by atoms with Crippen LogP contribution in [-0.2, 0) is 4.79 Å². The fourth-order valence-corrected chi connectivity index (χ4v) is 3.14. The van der Waals surface area contributed by atoms with E-state index in [1.165, 1.54) is 11.8 Å². The zero-order valence-electron chi connectivity index (χ0n) is 12.5. The maximum atomic E-state index is 11.8. The highest BCUT2D eigenvalue weighted by atomic mass is 32.2. The predicted octanol–water partition coefficient (Wildman–Crippen LogP) is 2.74. The van der Waals surface area contributed by atoms with Gasteiger partial charge in [-0.1, -0.05) is 38.7 Å². The van der Waals surface area contributed by atoms with Crippen molar-refractivity contribution in [3.8, 4) is 0 Å². The Morgan fingerprint density at radius 3 is 2.59 bits per heavy atom. The van der Waals surface area contributed by atoms with Crippen molar-refractivity contribution in [3.63, 3.8) is 0 Å². The lowest BCUT2D eigenvalue weighted by atomic mass is 10.1. The van der Waals surface area contributed by atoms with Crippen LogP contribution in [0.2, 0.25) is 0 Å². The molecular formula is C15H22N2O4S. The number of carbonyl (C=O) groups is 2. The summed E-state index contributed by atoms with van der Waals surface area (Å²) in [5, 5.41) is 17.1. The molecule has 1 aromatic carbocycles. The Bertz CT molecular complexity index is 496. The molecule has 22 heavy (non-hydrogen) atoms. The second kappa shape index (κ2) is 10.2. The van der Waals surface area contributed by atoms with Gasteiger partial charge in [0.05, 0.1) is 5.25 Å². The van der Waals surface area contributed by atoms with Gasteiger partial charge in [0, 0.05) is 10.5 Å². The third kappa shape index (κ3) is 6.05. The fourth-order valence-electron chi connectivity index (χ4n) is 2.01. The average molecular weight is 326 g/mol. The number of hydroxylamine groups is 2. The molecule has 0 bridgehead atoms. The third-order valence-electron chi connectivity index (χ3n) is 3.20. The van der Waals surface area contributed by atoms with Crippen molar-refractivity contribution < 1.29 is 20.0 Å². The maximum Gasteiger partial charge on any atom is 0.274 e. The van der Waals surface area contributed by atoms with Crippen molar-refractivity contribution in [2.75, 3.05) is 0 Å². The maximum absolute atomic E-state index is 11.8. The summed E-state index contributed by atoms with van der Waals surface area (Å²) in [4.78, 5) is 23.9. The predicted molar refractivity (Wildman–Crippen MR) is 84.0 cm³/mol. The molecule has 1 rings (SSSR count). The van der Waals surface area contributed by atoms with Crippen molar-refractivity contribution >= 4 is 23.6 Å². The van der Waals surface area contributed by atoms with Gasteiger partial charge in [-0.2, -0.15) is 0 Å². The van der Waals surface area contributed by atoms with Gasteiger partial charge in [-0.15, -0.1) is 11.8 Å². The minimum atomic E-state index is -0.603. The summed E-state index contributed by atoms with van der Waals surface area (Å²) in [6.07, 6.45) is 4.81. The molecule has 0 saturated heterocycles. The number of unbranched alkanes of at least 4 members (excludes halogenated alkanes) is 3. The first kappa shape index (κ1) is 18.5. The number of nitrogens with one attached hydrogen (secondary N) is 2. The summed E-state index contributed by atoms with van der Waals surface area (Å²) in [7, 11) is 0. The van der Waals surface area contributed by atoms with Crippen LogP contribution in [0.1, 0.15) is 49.4 Å². The SMILES string of the molecule is CCCCCCC(Sc1cccc(C(=O)NO)c1)C(=O)NO. The van der Waals surface area contributed by atoms with Crippen LogP contribution in [0.25, 0.3) is 0 Å². The summed E-state index contributed by atoms with van der Waals surface area (Å²) in [6, 6.07) is 6.62. The first-order valence-corrected chi connectivity index (χ1v) is 8.15. The minimum absolute atomic E-state index is 0.307. The monoisotopic (exact) mass is 326 g/mol. The molecule has 4 N–H and O–H groups in total. The van der Waals surface area contributed by atoms with Crippen LogP contribution in [0.3, 0.4) is 0 Å². The first-order valence-electron chi connectivity index (χ1n) is 7.27. The number of carbonyl (C=O) groups excluding carboxylic acids is 2. The molecule has 0 saturated carbocycles. The average Bonchev–Trinajstić information content (AvgIpc) is 2.56. The largest absolute Gasteiger partial charge is 0.289 e. The van der Waals surface area contributed by atoms with Crippen molar-refractivity contribution in [3.05, 3.63) is 29.8 Å². The van der Waals surface area contributed by atoms with E-state index in [9.17, 15) is 9.59 Å². The summed E-state index contributed by atoms with van der Waals surface area (Å²) < 4.78 is 0. The number of hydrogen-bond donors (Lipinski definition) is 4. The topological polar surface area (TPSA) is 98.7 Å². The zero-order chi connectivity index (χ0) is 16.4. The van der Waals surface area contributed by atoms with Gasteiger partial charge in [0.2, 0.25) is 0 Å². The van der Waals surface area contributed by atoms with Gasteiger partial charge < -0.3 is 0 Å². The summed E-state index contributed by atoms with van der Waals surface area (Å²) in [5.74, 6) is -1.05. The molecule has 1 atom stereocenters. The van der Waals surface area contributed by atoms with E-state index in [-0.39, 0.29) is 0 Å². The van der Waals surface area contributed by atoms with Crippen molar-refractivity contribution in [2.45, 2.75) is 49.2 Å². The molecule has 0 fully saturated rings. The quantitative estimate of drug-likeness (QED) is 0.242. The Balaban J connectivity index is 2.72. The molecule has 0 aliphatic rings. The Morgan fingerprint density at radius 2 is 1.95 bits per heavy atom. The van der Waals surface area contributed by atoms with E-state index in [0.29, 0.717) is 12.0 Å². The number of amides is 2. The number of hydrogen-bond acceptors (Lipinski definition) is 5. The number of thioether (sulfide) groups is 1. The molecule has 0 radical (unpaired) electrons. The highest BCUT2D eigenvalue weighted by molar-refractivity contribution is 8.00. The van der Waals surface area contributed by atoms with E-state index in [0.717, 1.165) is 30.6 Å². The van der Waals surface area contributed by atoms with Crippen LogP contribution in [0.5, 0.6) is 0 Å². The van der Waals surface area contributed by atoms with Gasteiger partial charge in [0.15, 0.2) is 0 Å². The van der Waals surface area contributed by atoms with Crippen molar-refractivity contribution in [2.24, 2.45) is 0 Å². The second-order valence-electron chi connectivity index (χ2n) is 4.90. The molecule has 1 aromatic rings. The normalized spacial score (nSPS) is 11.8. The van der Waals surface area contributed by atoms with Crippen LogP contribution >= 0.6 is 11.8 Å². The fraction of sp³-hybridized carbons (Fsp3) is 0.467. The smallest absolute Gasteiger partial charge is 0.274 e. The Hall–Kier alpha value is -1.57. The van der Waals surface area contributed by atoms with Crippen LogP contribution in [0.15, 0.2) is 29.2 Å². The lowest BCUT2D eigenvalue weighted by Crippen LogP contribution is -2.30. The van der Waals surface area contributed by atoms with Gasteiger partial charge in [-0.25, -0.2) is 11.0 Å². The van der Waals surface area contributed by atoms with Gasteiger partial charge in [-0.3, -0.25) is 20.0 Å². The van der Waals surface area contributed by atoms with E-state index in [2.05, 4.69) is 6.92 Å². The van der Waals surface area contributed by atoms with Gasteiger partial charge in [0.25, 0.3) is 11.8 Å². The second-order valence-corrected chi connectivity index (χ2v) is 6.18. The van der Waals surface area contributed by atoms with E-state index < -0.39 is 17.1 Å². The number of benzene rings is 1. The molecule has 0 aliphatic carbocycles. The highest BCUT2D eigenvalue weighted by Gasteiger charge is 2.19. The molecule has 7 heteroatoms. The van der Waals surface area contributed by atoms with E-state index in [4.69, 9.17) is 10.4 Å². The Kier molecular flexibility index (Phi) is 8.57. The molecule has 0 aliphatic heterocycles. The van der Waals surface area contributed by atoms with Gasteiger partial charge in [-0.05, 0) is 24.6 Å². The summed E-state index contributed by atoms with van der Waals surface area (Å²) >= 11 is 1.29. The molecule has 1 unspecified atom stereocenters. The molecule has 0 heterocycles. The molecular weight excluding hydrogens is 304 g/mol. The first-order chi connectivity index (χ1) is 10.6. The van der Waals surface area contributed by atoms with Gasteiger partial charge >= 0.3 is 0 Å². The van der Waals surface area contributed by atoms with E-state index in [1.807, 2.05) is 0 Å². The van der Waals surface area contributed by atoms with Crippen molar-refractivity contribution in [1.82, 2.24) is 11.0 Å². The Morgan fingerprint density at radius 1 is 1.18 bits per heavy atom. The van der Waals surface area contributed by atoms with Crippen LogP contribution in [-0.4, -0.2) is 27.5 Å². The number of rotatable bonds is 9. The van der Waals surface area contributed by atoms with E-state index >= 15 is 0 Å². The van der Waals surface area contributed by atoms with E-state index in [1.54, 1.807) is 35.2 Å². The van der Waals surface area contributed by atoms with Gasteiger partial charge in [0.1, 0.15) is 0 Å². The van der Waals surface area contributed by atoms with Crippen LogP contribution < -0.4 is 11.0 Å². The van der Waals surface area contributed by atoms with Crippen LogP contribution in [0, 0.1) is 0 Å².